The molecule has 0 aliphatic rings. The van der Waals surface area contributed by atoms with Crippen molar-refractivity contribution in [2.24, 2.45) is 0 Å². The molecule has 20 heavy (non-hydrogen) atoms. The molecule has 0 fully saturated rings. The van der Waals surface area contributed by atoms with Gasteiger partial charge in [-0.2, -0.15) is 0 Å². The van der Waals surface area contributed by atoms with Crippen LogP contribution in [0.5, 0.6) is 5.75 Å². The average Bonchev–Trinajstić information content (AvgIpc) is 2.44. The molecular weight excluding hydrogens is 329 g/mol. The third-order valence-electron chi connectivity index (χ3n) is 2.81. The Hall–Kier alpha value is -1.03. The van der Waals surface area contributed by atoms with Crippen LogP contribution in [-0.4, -0.2) is 7.11 Å². The summed E-state index contributed by atoms with van der Waals surface area (Å²) in [7, 11) is 1.33. The molecule has 0 N–H and O–H groups in total. The summed E-state index contributed by atoms with van der Waals surface area (Å²) in [4.78, 5) is 0. The zero-order valence-electron chi connectivity index (χ0n) is 10.3. The smallest absolute Gasteiger partial charge is 0.267 e. The zero-order valence-corrected chi connectivity index (χ0v) is 12.5. The van der Waals surface area contributed by atoms with E-state index in [1.165, 1.54) is 25.3 Å². The van der Waals surface area contributed by atoms with E-state index in [9.17, 15) is 8.78 Å². The molecule has 0 saturated heterocycles. The van der Waals surface area contributed by atoms with Crippen LogP contribution < -0.4 is 4.74 Å². The predicted molar refractivity (Wildman–Crippen MR) is 78.4 cm³/mol. The molecule has 6 heteroatoms. The Morgan fingerprint density at radius 3 is 2.30 bits per heavy atom. The van der Waals surface area contributed by atoms with Crippen LogP contribution in [0.3, 0.4) is 0 Å². The fraction of sp³-hybridized carbons (Fsp3) is 0.143. The largest absolute Gasteiger partial charge is 0.496 e. The van der Waals surface area contributed by atoms with Gasteiger partial charge in [-0.05, 0) is 23.8 Å². The van der Waals surface area contributed by atoms with E-state index in [2.05, 4.69) is 0 Å². The molecule has 0 spiro atoms. The van der Waals surface area contributed by atoms with Crippen molar-refractivity contribution in [3.63, 3.8) is 0 Å². The van der Waals surface area contributed by atoms with Crippen molar-refractivity contribution in [3.8, 4) is 16.9 Å². The Kier molecular flexibility index (Phi) is 4.74. The molecule has 1 nitrogen and oxygen atoms in total. The molecule has 0 amide bonds. The number of ether oxygens (including phenoxy) is 1. The van der Waals surface area contributed by atoms with Crippen molar-refractivity contribution < 1.29 is 13.5 Å². The van der Waals surface area contributed by atoms with Crippen molar-refractivity contribution in [1.82, 2.24) is 0 Å². The average molecular weight is 338 g/mol. The number of methoxy groups -OCH3 is 1. The molecule has 0 aromatic heterocycles. The van der Waals surface area contributed by atoms with Gasteiger partial charge in [0.15, 0.2) is 0 Å². The van der Waals surface area contributed by atoms with Gasteiger partial charge in [-0.3, -0.25) is 0 Å². The number of alkyl halides is 2. The quantitative estimate of drug-likeness (QED) is 0.601. The van der Waals surface area contributed by atoms with Crippen LogP contribution in [0, 0.1) is 0 Å². The summed E-state index contributed by atoms with van der Waals surface area (Å²) in [6, 6.07) is 7.60. The van der Waals surface area contributed by atoms with Crippen LogP contribution in [0.2, 0.25) is 15.1 Å². The maximum atomic E-state index is 12.8. The summed E-state index contributed by atoms with van der Waals surface area (Å²) in [6.45, 7) is 0. The molecule has 0 atom stereocenters. The van der Waals surface area contributed by atoms with Gasteiger partial charge in [0.05, 0.1) is 27.7 Å². The highest BCUT2D eigenvalue weighted by Crippen LogP contribution is 2.40. The minimum atomic E-state index is -2.61. The Balaban J connectivity index is 2.57. The molecule has 0 aliphatic carbocycles. The molecule has 2 rings (SSSR count). The lowest BCUT2D eigenvalue weighted by Gasteiger charge is -2.12. The van der Waals surface area contributed by atoms with Gasteiger partial charge < -0.3 is 4.74 Å². The normalized spacial score (nSPS) is 10.9. The lowest BCUT2D eigenvalue weighted by Crippen LogP contribution is -1.93. The highest BCUT2D eigenvalue weighted by molar-refractivity contribution is 6.49. The van der Waals surface area contributed by atoms with Crippen LogP contribution in [0.25, 0.3) is 11.1 Å². The van der Waals surface area contributed by atoms with Gasteiger partial charge in [0.25, 0.3) is 6.43 Å². The highest BCUT2D eigenvalue weighted by Gasteiger charge is 2.16. The van der Waals surface area contributed by atoms with E-state index in [0.717, 1.165) is 0 Å². The van der Waals surface area contributed by atoms with E-state index in [-0.39, 0.29) is 21.4 Å². The molecule has 0 unspecified atom stereocenters. The predicted octanol–water partition coefficient (Wildman–Crippen LogP) is 6.26. The molecule has 0 radical (unpaired) electrons. The monoisotopic (exact) mass is 336 g/mol. The Morgan fingerprint density at radius 1 is 1.00 bits per heavy atom. The second kappa shape index (κ2) is 6.17. The minimum absolute atomic E-state index is 0.0969. The van der Waals surface area contributed by atoms with Crippen LogP contribution >= 0.6 is 34.8 Å². The summed E-state index contributed by atoms with van der Waals surface area (Å²) in [5, 5.41) is 0.824. The first kappa shape index (κ1) is 15.4. The van der Waals surface area contributed by atoms with Crippen molar-refractivity contribution in [1.29, 1.82) is 0 Å². The lowest BCUT2D eigenvalue weighted by molar-refractivity contribution is 0.147. The number of hydrogen-bond acceptors (Lipinski definition) is 1. The number of halogens is 5. The fourth-order valence-electron chi connectivity index (χ4n) is 1.81. The number of benzene rings is 2. The van der Waals surface area contributed by atoms with Crippen molar-refractivity contribution in [2.45, 2.75) is 6.43 Å². The molecule has 0 aliphatic heterocycles. The van der Waals surface area contributed by atoms with Crippen molar-refractivity contribution >= 4 is 34.8 Å². The van der Waals surface area contributed by atoms with E-state index in [0.29, 0.717) is 16.1 Å². The molecule has 0 bridgehead atoms. The third kappa shape index (κ3) is 2.85. The second-order valence-corrected chi connectivity index (χ2v) is 5.14. The summed E-state index contributed by atoms with van der Waals surface area (Å²) < 4.78 is 30.6. The Labute approximate surface area is 130 Å². The van der Waals surface area contributed by atoms with Gasteiger partial charge in [-0.15, -0.1) is 0 Å². The van der Waals surface area contributed by atoms with E-state index in [1.54, 1.807) is 12.1 Å². The lowest BCUT2D eigenvalue weighted by atomic mass is 10.0. The summed E-state index contributed by atoms with van der Waals surface area (Å²) in [5.41, 5.74) is 1.04. The molecule has 2 aromatic rings. The second-order valence-electron chi connectivity index (χ2n) is 3.98. The number of hydrogen-bond donors (Lipinski definition) is 0. The first-order valence-corrected chi connectivity index (χ1v) is 6.69. The van der Waals surface area contributed by atoms with Gasteiger partial charge in [-0.1, -0.05) is 46.9 Å². The zero-order chi connectivity index (χ0) is 14.9. The van der Waals surface area contributed by atoms with E-state index in [1.807, 2.05) is 0 Å². The Bertz CT molecular complexity index is 645. The molecule has 2 aromatic carbocycles. The topological polar surface area (TPSA) is 9.23 Å². The minimum Gasteiger partial charge on any atom is -0.496 e. The SMILES string of the molecule is COc1cc(-c2ccc(Cl)c(Cl)c2Cl)ccc1C(F)F. The van der Waals surface area contributed by atoms with Gasteiger partial charge in [0.1, 0.15) is 5.75 Å². The van der Waals surface area contributed by atoms with E-state index >= 15 is 0 Å². The molecular formula is C14H9Cl3F2O. The van der Waals surface area contributed by atoms with Gasteiger partial charge in [-0.25, -0.2) is 8.78 Å². The fourth-order valence-corrected chi connectivity index (χ4v) is 2.45. The standard InChI is InChI=1S/C14H9Cl3F2O/c1-20-11-6-7(2-3-9(11)14(18)19)8-4-5-10(15)13(17)12(8)16/h2-6,14H,1H3. The van der Waals surface area contributed by atoms with Crippen molar-refractivity contribution in [2.75, 3.05) is 7.11 Å². The summed E-state index contributed by atoms with van der Waals surface area (Å²) >= 11 is 18.0. The highest BCUT2D eigenvalue weighted by atomic mass is 35.5. The molecule has 0 saturated carbocycles. The first-order valence-electron chi connectivity index (χ1n) is 5.55. The maximum Gasteiger partial charge on any atom is 0.267 e. The Morgan fingerprint density at radius 2 is 1.70 bits per heavy atom. The summed E-state index contributed by atoms with van der Waals surface area (Å²) in [5.74, 6) is 0.0969. The third-order valence-corrected chi connectivity index (χ3v) is 4.11. The van der Waals surface area contributed by atoms with Gasteiger partial charge in [0, 0.05) is 5.56 Å². The first-order chi connectivity index (χ1) is 9.45. The maximum absolute atomic E-state index is 12.8. The van der Waals surface area contributed by atoms with E-state index in [4.69, 9.17) is 39.5 Å². The van der Waals surface area contributed by atoms with Crippen molar-refractivity contribution in [3.05, 3.63) is 51.0 Å². The molecule has 0 heterocycles. The van der Waals surface area contributed by atoms with Crippen LogP contribution in [0.1, 0.15) is 12.0 Å². The number of rotatable bonds is 3. The van der Waals surface area contributed by atoms with Gasteiger partial charge >= 0.3 is 0 Å². The van der Waals surface area contributed by atoms with Gasteiger partial charge in [0.2, 0.25) is 0 Å². The van der Waals surface area contributed by atoms with Crippen LogP contribution in [-0.2, 0) is 0 Å². The van der Waals surface area contributed by atoms with Crippen LogP contribution in [0.15, 0.2) is 30.3 Å². The summed E-state index contributed by atoms with van der Waals surface area (Å²) in [6.07, 6.45) is -2.61. The molecule has 106 valence electrons. The van der Waals surface area contributed by atoms with E-state index < -0.39 is 6.43 Å². The van der Waals surface area contributed by atoms with Crippen LogP contribution in [0.4, 0.5) is 8.78 Å².